The molecule has 2 N–H and O–H groups in total. The zero-order valence-corrected chi connectivity index (χ0v) is 18.8. The summed E-state index contributed by atoms with van der Waals surface area (Å²) >= 11 is 0. The van der Waals surface area contributed by atoms with Gasteiger partial charge in [0.15, 0.2) is 5.96 Å². The van der Waals surface area contributed by atoms with Crippen molar-refractivity contribution in [1.82, 2.24) is 15.5 Å². The van der Waals surface area contributed by atoms with Gasteiger partial charge in [-0.3, -0.25) is 9.89 Å². The van der Waals surface area contributed by atoms with Crippen molar-refractivity contribution >= 4 is 5.96 Å². The van der Waals surface area contributed by atoms with Crippen molar-refractivity contribution in [2.45, 2.75) is 38.4 Å². The van der Waals surface area contributed by atoms with Crippen LogP contribution in [0.2, 0.25) is 0 Å². The minimum Gasteiger partial charge on any atom is -0.493 e. The number of rotatable bonds is 10. The van der Waals surface area contributed by atoms with Crippen molar-refractivity contribution in [2.75, 3.05) is 40.5 Å². The number of ether oxygens (including phenoxy) is 2. The van der Waals surface area contributed by atoms with Crippen molar-refractivity contribution in [1.29, 1.82) is 0 Å². The fourth-order valence-electron chi connectivity index (χ4n) is 3.79. The summed E-state index contributed by atoms with van der Waals surface area (Å²) in [5.41, 5.74) is 2.56. The Labute approximate surface area is 186 Å². The quantitative estimate of drug-likeness (QED) is 0.348. The first-order chi connectivity index (χ1) is 15.3. The lowest BCUT2D eigenvalue weighted by atomic mass is 10.0. The van der Waals surface area contributed by atoms with E-state index in [1.807, 2.05) is 19.2 Å². The van der Waals surface area contributed by atoms with Gasteiger partial charge in [-0.1, -0.05) is 42.5 Å². The van der Waals surface area contributed by atoms with E-state index >= 15 is 0 Å². The lowest BCUT2D eigenvalue weighted by Gasteiger charge is -2.33. The maximum atomic E-state index is 5.80. The lowest BCUT2D eigenvalue weighted by molar-refractivity contribution is 0.172. The predicted molar refractivity (Wildman–Crippen MR) is 127 cm³/mol. The number of nitrogens with one attached hydrogen (secondary N) is 2. The molecule has 0 radical (unpaired) electrons. The van der Waals surface area contributed by atoms with Crippen molar-refractivity contribution in [3.8, 4) is 5.75 Å². The van der Waals surface area contributed by atoms with Crippen LogP contribution in [0.1, 0.15) is 30.4 Å². The molecule has 3 rings (SSSR count). The zero-order valence-electron chi connectivity index (χ0n) is 18.8. The number of nitrogens with zero attached hydrogens (tertiary/aromatic N) is 2. The Kier molecular flexibility index (Phi) is 9.67. The molecule has 6 heteroatoms. The van der Waals surface area contributed by atoms with Gasteiger partial charge < -0.3 is 20.1 Å². The number of piperidine rings is 1. The SMILES string of the molecule is CN=C(NCc1cccc(OCCCOC)c1)NC1CCN(Cc2ccccc2)CC1. The van der Waals surface area contributed by atoms with Gasteiger partial charge in [-0.2, -0.15) is 0 Å². The lowest BCUT2D eigenvalue weighted by Crippen LogP contribution is -2.48. The van der Waals surface area contributed by atoms with Crippen LogP contribution < -0.4 is 15.4 Å². The van der Waals surface area contributed by atoms with Crippen molar-refractivity contribution in [3.05, 3.63) is 65.7 Å². The van der Waals surface area contributed by atoms with Gasteiger partial charge in [0, 0.05) is 59.4 Å². The number of hydrogen-bond acceptors (Lipinski definition) is 4. The number of aliphatic imine (C=N–C) groups is 1. The monoisotopic (exact) mass is 424 g/mol. The third-order valence-electron chi connectivity index (χ3n) is 5.52. The van der Waals surface area contributed by atoms with Crippen LogP contribution in [-0.4, -0.2) is 57.4 Å². The van der Waals surface area contributed by atoms with Crippen molar-refractivity contribution in [2.24, 2.45) is 4.99 Å². The van der Waals surface area contributed by atoms with Gasteiger partial charge in [0.1, 0.15) is 5.75 Å². The van der Waals surface area contributed by atoms with E-state index in [0.29, 0.717) is 25.8 Å². The third kappa shape index (κ3) is 8.23. The molecule has 0 unspecified atom stereocenters. The zero-order chi connectivity index (χ0) is 21.7. The van der Waals surface area contributed by atoms with Crippen LogP contribution in [-0.2, 0) is 17.8 Å². The maximum Gasteiger partial charge on any atom is 0.191 e. The Morgan fingerprint density at radius 3 is 2.55 bits per heavy atom. The molecule has 168 valence electrons. The number of likely N-dealkylation sites (tertiary alicyclic amines) is 1. The second kappa shape index (κ2) is 13.0. The molecule has 31 heavy (non-hydrogen) atoms. The van der Waals surface area contributed by atoms with Crippen molar-refractivity contribution < 1.29 is 9.47 Å². The molecule has 1 heterocycles. The van der Waals surface area contributed by atoms with Gasteiger partial charge in [-0.25, -0.2) is 0 Å². The van der Waals surface area contributed by atoms with E-state index in [1.54, 1.807) is 7.11 Å². The van der Waals surface area contributed by atoms with E-state index in [2.05, 4.69) is 63.0 Å². The highest BCUT2D eigenvalue weighted by atomic mass is 16.5. The number of guanidine groups is 1. The fourth-order valence-corrected chi connectivity index (χ4v) is 3.79. The smallest absolute Gasteiger partial charge is 0.191 e. The number of hydrogen-bond donors (Lipinski definition) is 2. The first-order valence-electron chi connectivity index (χ1n) is 11.2. The molecule has 1 saturated heterocycles. The van der Waals surface area contributed by atoms with Crippen LogP contribution in [0.5, 0.6) is 5.75 Å². The topological polar surface area (TPSA) is 58.1 Å². The molecular formula is C25H36N4O2. The van der Waals surface area contributed by atoms with Gasteiger partial charge in [0.25, 0.3) is 0 Å². The van der Waals surface area contributed by atoms with Gasteiger partial charge in [0.2, 0.25) is 0 Å². The summed E-state index contributed by atoms with van der Waals surface area (Å²) in [5.74, 6) is 1.75. The van der Waals surface area contributed by atoms with Gasteiger partial charge in [0.05, 0.1) is 6.61 Å². The summed E-state index contributed by atoms with van der Waals surface area (Å²) in [6, 6.07) is 19.4. The first kappa shape index (κ1) is 23.1. The van der Waals surface area contributed by atoms with Gasteiger partial charge in [-0.15, -0.1) is 0 Å². The highest BCUT2D eigenvalue weighted by Crippen LogP contribution is 2.15. The highest BCUT2D eigenvalue weighted by molar-refractivity contribution is 5.79. The Balaban J connectivity index is 1.39. The Morgan fingerprint density at radius 2 is 1.81 bits per heavy atom. The summed E-state index contributed by atoms with van der Waals surface area (Å²) < 4.78 is 10.9. The van der Waals surface area contributed by atoms with Crippen molar-refractivity contribution in [3.63, 3.8) is 0 Å². The molecule has 0 aliphatic carbocycles. The van der Waals surface area contributed by atoms with E-state index in [0.717, 1.165) is 50.6 Å². The van der Waals surface area contributed by atoms with Crippen LogP contribution in [0, 0.1) is 0 Å². The first-order valence-corrected chi connectivity index (χ1v) is 11.2. The van der Waals surface area contributed by atoms with Gasteiger partial charge in [-0.05, 0) is 36.1 Å². The van der Waals surface area contributed by atoms with Crippen LogP contribution in [0.4, 0.5) is 0 Å². The summed E-state index contributed by atoms with van der Waals surface area (Å²) in [5, 5.41) is 7.03. The summed E-state index contributed by atoms with van der Waals surface area (Å²) in [6.07, 6.45) is 3.14. The molecule has 0 bridgehead atoms. The molecule has 1 aliphatic rings. The Bertz CT molecular complexity index is 789. The average Bonchev–Trinajstić information content (AvgIpc) is 2.81. The average molecular weight is 425 g/mol. The maximum absolute atomic E-state index is 5.80. The van der Waals surface area contributed by atoms with Crippen LogP contribution in [0.3, 0.4) is 0 Å². The molecule has 1 fully saturated rings. The van der Waals surface area contributed by atoms with E-state index in [-0.39, 0.29) is 0 Å². The molecule has 0 amide bonds. The minimum absolute atomic E-state index is 0.452. The minimum atomic E-state index is 0.452. The predicted octanol–water partition coefficient (Wildman–Crippen LogP) is 3.43. The highest BCUT2D eigenvalue weighted by Gasteiger charge is 2.20. The van der Waals surface area contributed by atoms with Gasteiger partial charge >= 0.3 is 0 Å². The van der Waals surface area contributed by atoms with Crippen LogP contribution in [0.25, 0.3) is 0 Å². The second-order valence-electron chi connectivity index (χ2n) is 7.95. The molecule has 6 nitrogen and oxygen atoms in total. The molecule has 0 aromatic heterocycles. The molecule has 2 aromatic carbocycles. The fraction of sp³-hybridized carbons (Fsp3) is 0.480. The van der Waals surface area contributed by atoms with Crippen LogP contribution >= 0.6 is 0 Å². The van der Waals surface area contributed by atoms with E-state index in [4.69, 9.17) is 9.47 Å². The third-order valence-corrected chi connectivity index (χ3v) is 5.52. The van der Waals surface area contributed by atoms with E-state index < -0.39 is 0 Å². The molecular weight excluding hydrogens is 388 g/mol. The largest absolute Gasteiger partial charge is 0.493 e. The van der Waals surface area contributed by atoms with E-state index in [1.165, 1.54) is 11.1 Å². The number of benzene rings is 2. The molecule has 0 saturated carbocycles. The second-order valence-corrected chi connectivity index (χ2v) is 7.95. The van der Waals surface area contributed by atoms with E-state index in [9.17, 15) is 0 Å². The van der Waals surface area contributed by atoms with Crippen LogP contribution in [0.15, 0.2) is 59.6 Å². The molecule has 1 aliphatic heterocycles. The molecule has 0 atom stereocenters. The summed E-state index contributed by atoms with van der Waals surface area (Å²) in [4.78, 5) is 6.94. The Hall–Kier alpha value is -2.57. The molecule has 2 aromatic rings. The number of methoxy groups -OCH3 is 1. The Morgan fingerprint density at radius 1 is 1.03 bits per heavy atom. The normalized spacial score (nSPS) is 15.6. The standard InChI is InChI=1S/C25H36N4O2/c1-26-25(27-19-22-10-6-11-24(18-22)31-17-7-16-30-2)28-23-12-14-29(15-13-23)20-21-8-4-3-5-9-21/h3-6,8-11,18,23H,7,12-17,19-20H2,1-2H3,(H2,26,27,28). The molecule has 0 spiro atoms. The summed E-state index contributed by atoms with van der Waals surface area (Å²) in [7, 11) is 3.54. The summed E-state index contributed by atoms with van der Waals surface area (Å²) in [6.45, 7) is 5.33.